The van der Waals surface area contributed by atoms with Gasteiger partial charge < -0.3 is 9.47 Å². The fourth-order valence-corrected chi connectivity index (χ4v) is 2.67. The summed E-state index contributed by atoms with van der Waals surface area (Å²) in [7, 11) is 0. The summed E-state index contributed by atoms with van der Waals surface area (Å²) in [6, 6.07) is 16.9. The number of hydrogen-bond donors (Lipinski definition) is 0. The molecular weight excluding hydrogens is 383 g/mol. The molecule has 2 heterocycles. The third-order valence-electron chi connectivity index (χ3n) is 3.94. The lowest BCUT2D eigenvalue weighted by molar-refractivity contribution is -0.153. The minimum Gasteiger partial charge on any atom is -0.480 e. The van der Waals surface area contributed by atoms with Gasteiger partial charge in [-0.2, -0.15) is 18.2 Å². The predicted octanol–water partition coefficient (Wildman–Crippen LogP) is 5.43. The van der Waals surface area contributed by atoms with Crippen molar-refractivity contribution < 1.29 is 22.6 Å². The van der Waals surface area contributed by atoms with Gasteiger partial charge in [0.25, 0.3) is 0 Å². The van der Waals surface area contributed by atoms with Gasteiger partial charge in [0.15, 0.2) is 23.9 Å². The van der Waals surface area contributed by atoms with Crippen molar-refractivity contribution in [2.75, 3.05) is 6.61 Å². The Morgan fingerprint density at radius 2 is 1.59 bits per heavy atom. The van der Waals surface area contributed by atoms with Gasteiger partial charge in [0.05, 0.1) is 10.9 Å². The van der Waals surface area contributed by atoms with Crippen LogP contribution in [0.15, 0.2) is 73.1 Å². The molecule has 2 aromatic heterocycles. The molecule has 4 aromatic rings. The average molecular weight is 397 g/mol. The Morgan fingerprint density at radius 1 is 0.828 bits per heavy atom. The van der Waals surface area contributed by atoms with Crippen LogP contribution in [0, 0.1) is 0 Å². The number of hydrogen-bond acceptors (Lipinski definition) is 5. The number of halogens is 3. The maximum Gasteiger partial charge on any atom is 0.422 e. The number of ether oxygens (including phenoxy) is 2. The van der Waals surface area contributed by atoms with E-state index in [2.05, 4.69) is 15.0 Å². The monoisotopic (exact) mass is 397 g/mol. The Morgan fingerprint density at radius 3 is 2.34 bits per heavy atom. The topological polar surface area (TPSA) is 57.1 Å². The van der Waals surface area contributed by atoms with Crippen molar-refractivity contribution in [3.05, 3.63) is 73.1 Å². The zero-order valence-corrected chi connectivity index (χ0v) is 14.9. The maximum atomic E-state index is 12.6. The van der Waals surface area contributed by atoms with E-state index >= 15 is 0 Å². The van der Waals surface area contributed by atoms with Gasteiger partial charge in [-0.1, -0.05) is 24.3 Å². The molecule has 0 saturated carbocycles. The summed E-state index contributed by atoms with van der Waals surface area (Å²) in [5.74, 6) is 0.686. The molecule has 4 rings (SSSR count). The van der Waals surface area contributed by atoms with Crippen LogP contribution in [0.1, 0.15) is 0 Å². The van der Waals surface area contributed by atoms with Gasteiger partial charge in [-0.25, -0.2) is 4.98 Å². The number of pyridine rings is 1. The van der Waals surface area contributed by atoms with Gasteiger partial charge in [-0.15, -0.1) is 0 Å². The SMILES string of the molecule is FC(F)(F)COc1ccccc1Oc1nc(-c2cccnc2)nc2ccccc12. The van der Waals surface area contributed by atoms with Crippen molar-refractivity contribution in [3.63, 3.8) is 0 Å². The average Bonchev–Trinajstić information content (AvgIpc) is 2.73. The molecule has 0 atom stereocenters. The number of fused-ring (bicyclic) bond motifs is 1. The number of para-hydroxylation sites is 3. The van der Waals surface area contributed by atoms with Gasteiger partial charge in [0.2, 0.25) is 5.88 Å². The van der Waals surface area contributed by atoms with Crippen LogP contribution in [0.25, 0.3) is 22.3 Å². The van der Waals surface area contributed by atoms with Crippen LogP contribution in [-0.4, -0.2) is 27.7 Å². The first kappa shape index (κ1) is 18.7. The summed E-state index contributed by atoms with van der Waals surface area (Å²) in [5.41, 5.74) is 1.31. The maximum absolute atomic E-state index is 12.6. The number of rotatable bonds is 5. The summed E-state index contributed by atoms with van der Waals surface area (Å²) in [5, 5.41) is 0.616. The van der Waals surface area contributed by atoms with E-state index in [9.17, 15) is 13.2 Å². The molecule has 0 amide bonds. The van der Waals surface area contributed by atoms with Crippen molar-refractivity contribution in [1.82, 2.24) is 15.0 Å². The molecule has 0 unspecified atom stereocenters. The Labute approximate surface area is 163 Å². The lowest BCUT2D eigenvalue weighted by Gasteiger charge is -2.14. The van der Waals surface area contributed by atoms with E-state index < -0.39 is 12.8 Å². The molecule has 0 saturated heterocycles. The second-order valence-electron chi connectivity index (χ2n) is 6.06. The van der Waals surface area contributed by atoms with E-state index in [1.165, 1.54) is 12.1 Å². The second kappa shape index (κ2) is 7.75. The van der Waals surface area contributed by atoms with Crippen LogP contribution in [0.4, 0.5) is 13.2 Å². The third-order valence-corrected chi connectivity index (χ3v) is 3.94. The number of nitrogens with zero attached hydrogens (tertiary/aromatic N) is 3. The number of benzene rings is 2. The molecule has 8 heteroatoms. The fraction of sp³-hybridized carbons (Fsp3) is 0.0952. The van der Waals surface area contributed by atoms with E-state index in [1.54, 1.807) is 54.9 Å². The summed E-state index contributed by atoms with van der Waals surface area (Å²) in [6.07, 6.45) is -1.20. The molecular formula is C21H14F3N3O2. The summed E-state index contributed by atoms with van der Waals surface area (Å²) in [6.45, 7) is -1.42. The molecule has 2 aromatic carbocycles. The highest BCUT2D eigenvalue weighted by atomic mass is 19.4. The summed E-state index contributed by atoms with van der Waals surface area (Å²) < 4.78 is 48.5. The third kappa shape index (κ3) is 4.43. The first-order valence-corrected chi connectivity index (χ1v) is 8.63. The summed E-state index contributed by atoms with van der Waals surface area (Å²) >= 11 is 0. The highest BCUT2D eigenvalue weighted by molar-refractivity contribution is 5.85. The molecule has 0 aliphatic rings. The minimum atomic E-state index is -4.46. The highest BCUT2D eigenvalue weighted by Gasteiger charge is 2.29. The van der Waals surface area contributed by atoms with Crippen LogP contribution < -0.4 is 9.47 Å². The van der Waals surface area contributed by atoms with Crippen molar-refractivity contribution in [3.8, 4) is 28.8 Å². The molecule has 0 N–H and O–H groups in total. The molecule has 29 heavy (non-hydrogen) atoms. The van der Waals surface area contributed by atoms with Crippen LogP contribution in [0.5, 0.6) is 17.4 Å². The fourth-order valence-electron chi connectivity index (χ4n) is 2.67. The van der Waals surface area contributed by atoms with E-state index in [0.717, 1.165) is 0 Å². The second-order valence-corrected chi connectivity index (χ2v) is 6.06. The smallest absolute Gasteiger partial charge is 0.422 e. The molecule has 0 spiro atoms. The van der Waals surface area contributed by atoms with E-state index in [0.29, 0.717) is 22.3 Å². The molecule has 0 aliphatic heterocycles. The van der Waals surface area contributed by atoms with Gasteiger partial charge in [-0.05, 0) is 36.4 Å². The van der Waals surface area contributed by atoms with Crippen molar-refractivity contribution >= 4 is 10.9 Å². The lowest BCUT2D eigenvalue weighted by atomic mass is 10.2. The molecule has 0 fully saturated rings. The standard InChI is InChI=1S/C21H14F3N3O2/c22-21(23,24)13-28-17-9-3-4-10-18(17)29-20-15-7-1-2-8-16(15)26-19(27-20)14-6-5-11-25-12-14/h1-12H,13H2. The molecule has 146 valence electrons. The molecule has 0 bridgehead atoms. The Bertz CT molecular complexity index is 1130. The van der Waals surface area contributed by atoms with E-state index in [1.807, 2.05) is 6.07 Å². The zero-order valence-electron chi connectivity index (χ0n) is 14.9. The summed E-state index contributed by atoms with van der Waals surface area (Å²) in [4.78, 5) is 13.1. The van der Waals surface area contributed by atoms with Crippen molar-refractivity contribution in [1.29, 1.82) is 0 Å². The van der Waals surface area contributed by atoms with Crippen LogP contribution >= 0.6 is 0 Å². The van der Waals surface area contributed by atoms with Gasteiger partial charge in [0, 0.05) is 18.0 Å². The van der Waals surface area contributed by atoms with E-state index in [-0.39, 0.29) is 17.4 Å². The quantitative estimate of drug-likeness (QED) is 0.450. The Balaban J connectivity index is 1.75. The number of aromatic nitrogens is 3. The predicted molar refractivity (Wildman–Crippen MR) is 101 cm³/mol. The highest BCUT2D eigenvalue weighted by Crippen LogP contribution is 2.35. The normalized spacial score (nSPS) is 11.4. The lowest BCUT2D eigenvalue weighted by Crippen LogP contribution is -2.19. The largest absolute Gasteiger partial charge is 0.480 e. The van der Waals surface area contributed by atoms with Crippen LogP contribution in [-0.2, 0) is 0 Å². The minimum absolute atomic E-state index is 0.0320. The van der Waals surface area contributed by atoms with E-state index in [4.69, 9.17) is 9.47 Å². The first-order chi connectivity index (χ1) is 14.0. The van der Waals surface area contributed by atoms with Gasteiger partial charge >= 0.3 is 6.18 Å². The number of alkyl halides is 3. The Hall–Kier alpha value is -3.68. The van der Waals surface area contributed by atoms with Crippen molar-refractivity contribution in [2.24, 2.45) is 0 Å². The van der Waals surface area contributed by atoms with Crippen LogP contribution in [0.2, 0.25) is 0 Å². The van der Waals surface area contributed by atoms with Crippen LogP contribution in [0.3, 0.4) is 0 Å². The molecule has 0 aliphatic carbocycles. The Kier molecular flexibility index (Phi) is 4.99. The van der Waals surface area contributed by atoms with Crippen molar-refractivity contribution in [2.45, 2.75) is 6.18 Å². The van der Waals surface area contributed by atoms with Gasteiger partial charge in [0.1, 0.15) is 0 Å². The first-order valence-electron chi connectivity index (χ1n) is 8.63. The zero-order chi connectivity index (χ0) is 20.3. The molecule has 0 radical (unpaired) electrons. The molecule has 5 nitrogen and oxygen atoms in total. The van der Waals surface area contributed by atoms with Gasteiger partial charge in [-0.3, -0.25) is 4.98 Å².